The second-order valence-corrected chi connectivity index (χ2v) is 45.3. The van der Waals surface area contributed by atoms with E-state index in [1.807, 2.05) is 0 Å². The highest BCUT2D eigenvalue weighted by Gasteiger charge is 2.57. The molecule has 0 radical (unpaired) electrons. The summed E-state index contributed by atoms with van der Waals surface area (Å²) in [5.74, 6) is 8.18. The molecular formula is C74H130O21Si6. The van der Waals surface area contributed by atoms with E-state index in [1.54, 1.807) is 0 Å². The lowest BCUT2D eigenvalue weighted by Crippen LogP contribution is -2.40. The van der Waals surface area contributed by atoms with Crippen molar-refractivity contribution in [1.29, 1.82) is 0 Å². The summed E-state index contributed by atoms with van der Waals surface area (Å²) in [6, 6.07) is 0. The average Bonchev–Trinajstić information content (AvgIpc) is 1.62. The van der Waals surface area contributed by atoms with Crippen LogP contribution in [0.15, 0.2) is 0 Å². The van der Waals surface area contributed by atoms with Gasteiger partial charge in [-0.25, -0.2) is 0 Å². The molecule has 21 rings (SSSR count). The van der Waals surface area contributed by atoms with E-state index in [-0.39, 0.29) is 5.41 Å². The maximum Gasteiger partial charge on any atom is 0.104 e. The van der Waals surface area contributed by atoms with Gasteiger partial charge in [-0.05, 0) is 135 Å². The summed E-state index contributed by atoms with van der Waals surface area (Å²) in [6.45, 7) is 22.2. The highest BCUT2D eigenvalue weighted by atomic mass is 28.2. The van der Waals surface area contributed by atoms with Gasteiger partial charge in [0, 0.05) is 90.5 Å². The van der Waals surface area contributed by atoms with Gasteiger partial charge in [0.1, 0.15) is 54.9 Å². The zero-order valence-corrected chi connectivity index (χ0v) is 74.3. The predicted molar refractivity (Wildman–Crippen MR) is 396 cm³/mol. The Labute approximate surface area is 620 Å². The van der Waals surface area contributed by atoms with Gasteiger partial charge < -0.3 is 99.5 Å². The van der Waals surface area contributed by atoms with Gasteiger partial charge in [0.05, 0.1) is 215 Å². The molecule has 0 aromatic carbocycles. The second-order valence-electron chi connectivity index (χ2n) is 36.4. The molecule has 0 aromatic rings. The Morgan fingerprint density at radius 3 is 1.21 bits per heavy atom. The molecule has 101 heavy (non-hydrogen) atoms. The molecule has 15 aliphatic heterocycles. The van der Waals surface area contributed by atoms with E-state index in [0.29, 0.717) is 115 Å². The van der Waals surface area contributed by atoms with E-state index in [1.165, 1.54) is 145 Å². The van der Waals surface area contributed by atoms with Gasteiger partial charge in [0.15, 0.2) is 0 Å². The molecule has 6 aliphatic carbocycles. The lowest BCUT2D eigenvalue weighted by molar-refractivity contribution is -0.0569. The van der Waals surface area contributed by atoms with Crippen LogP contribution < -0.4 is 0 Å². The maximum absolute atomic E-state index is 6.00. The molecule has 32 unspecified atom stereocenters. The van der Waals surface area contributed by atoms with Crippen molar-refractivity contribution < 1.29 is 99.5 Å². The molecule has 0 aromatic heterocycles. The van der Waals surface area contributed by atoms with Crippen LogP contribution in [0.25, 0.3) is 0 Å². The van der Waals surface area contributed by atoms with Gasteiger partial charge >= 0.3 is 0 Å². The third kappa shape index (κ3) is 21.2. The van der Waals surface area contributed by atoms with Crippen LogP contribution in [0.2, 0.25) is 33.2 Å². The highest BCUT2D eigenvalue weighted by Crippen LogP contribution is 2.62. The zero-order valence-electron chi connectivity index (χ0n) is 62.3. The van der Waals surface area contributed by atoms with Gasteiger partial charge in [-0.3, -0.25) is 0 Å². The molecule has 15 saturated heterocycles. The summed E-state index contributed by atoms with van der Waals surface area (Å²) in [7, 11) is 7.87. The normalized spacial score (nSPS) is 49.8. The lowest BCUT2D eigenvalue weighted by atomic mass is 9.74. The smallest absolute Gasteiger partial charge is 0.104 e. The number of fused-ring (bicyclic) bond motifs is 12. The van der Waals surface area contributed by atoms with Gasteiger partial charge in [-0.1, -0.05) is 29.5 Å². The monoisotopic (exact) mass is 1520 g/mol. The molecule has 21 fully saturated rings. The fourth-order valence-electron chi connectivity index (χ4n) is 21.3. The molecule has 576 valence electrons. The van der Waals surface area contributed by atoms with Crippen LogP contribution in [0.4, 0.5) is 0 Å². The van der Waals surface area contributed by atoms with Crippen molar-refractivity contribution in [2.45, 2.75) is 221 Å². The van der Waals surface area contributed by atoms with Gasteiger partial charge in [0.25, 0.3) is 0 Å². The van der Waals surface area contributed by atoms with E-state index < -0.39 is 0 Å². The Hall–Kier alpha value is 0.461. The van der Waals surface area contributed by atoms with Crippen molar-refractivity contribution in [3.8, 4) is 0 Å². The summed E-state index contributed by atoms with van der Waals surface area (Å²) in [4.78, 5) is 0. The lowest BCUT2D eigenvalue weighted by Gasteiger charge is -2.40. The predicted octanol–water partition coefficient (Wildman–Crippen LogP) is -0.0302. The molecular weight excluding hydrogens is 1390 g/mol. The van der Waals surface area contributed by atoms with Gasteiger partial charge in [-0.2, -0.15) is 0 Å². The minimum atomic E-state index is 0.287. The van der Waals surface area contributed by atoms with Crippen LogP contribution in [-0.2, 0) is 99.5 Å². The summed E-state index contributed by atoms with van der Waals surface area (Å²) in [5.41, 5.74) is 6.24. The molecule has 21 aliphatic rings. The van der Waals surface area contributed by atoms with E-state index >= 15 is 0 Å². The van der Waals surface area contributed by atoms with Crippen LogP contribution in [0.5, 0.6) is 0 Å². The van der Waals surface area contributed by atoms with E-state index in [4.69, 9.17) is 99.5 Å². The third-order valence-corrected chi connectivity index (χ3v) is 35.4. The summed E-state index contributed by atoms with van der Waals surface area (Å²) >= 11 is 0. The number of ether oxygens (including phenoxy) is 21. The molecule has 21 nitrogen and oxygen atoms in total. The van der Waals surface area contributed by atoms with Crippen LogP contribution in [0.1, 0.15) is 89.9 Å². The van der Waals surface area contributed by atoms with Crippen molar-refractivity contribution in [2.75, 3.05) is 172 Å². The van der Waals surface area contributed by atoms with Crippen LogP contribution >= 0.6 is 0 Å². The highest BCUT2D eigenvalue weighted by molar-refractivity contribution is 6.13. The minimum absolute atomic E-state index is 0.287. The quantitative estimate of drug-likeness (QED) is 0.0600. The Morgan fingerprint density at radius 2 is 0.782 bits per heavy atom. The molecule has 27 heteroatoms. The first-order chi connectivity index (χ1) is 49.3. The standard InChI is InChI=1S/3C15H26O4Si.2C10H18O3Si.C9H16O3Si/c20-14-2-11-1-10(14)3-15(11,8-16-4-12-6-18-12)9-17-5-13-7-19-13;20-14-2-10-1-13(14)15(3-10,8-16-4-11-6-18-11)9-17-5-12-7-19-12;20-15-2-9-1-12(15)14(8-17-4-11-6-19-11)13(9)7-16-3-10-5-18-10;14-10-2-8-6(1-9(10)13-8)3-11-4-7-5-12-7;14-9-2-7-1-6(10(9)13-7)3-11-4-8-5-12-8;13-9-2-7-6(1-8(9)12-7)11-4-5-3-10-5/h2*10-14H,1-9H2,20H3;9-15H,1-8H2,20H3;2*6-10H,1-5H2,14H3;5-9H,1-4H2,13H3. The topological polar surface area (TPSA) is 224 Å². The molecule has 6 saturated carbocycles. The van der Waals surface area contributed by atoms with Crippen LogP contribution in [0.3, 0.4) is 0 Å². The SMILES string of the molecule is [SiH3]C1CC2CC(COCC3CO3)C1O2.[SiH3]C1CC2CC1C(COCC1CO1)(COCC1CO1)C2.[SiH3]C1CC2CC1C(COCC1CO1)C2COCC1CO1.[SiH3]C1CC2CC1CC2(COCC1CO1)COCC1CO1.[SiH3]C1CC2OC1CC2COCC1CO1.[SiH3]C1CC2OC1CC2OCC1CO1. The molecule has 0 amide bonds. The largest absolute Gasteiger partial charge is 0.378 e. The molecule has 12 bridgehead atoms. The van der Waals surface area contributed by atoms with E-state index in [0.717, 1.165) is 259 Å². The first-order valence-electron chi connectivity index (χ1n) is 41.0. The first kappa shape index (κ1) is 75.5. The maximum atomic E-state index is 6.00. The Balaban J connectivity index is 0.0000000949. The summed E-state index contributed by atoms with van der Waals surface area (Å²) in [5, 5.41) is 0. The van der Waals surface area contributed by atoms with Crippen LogP contribution in [0, 0.1) is 70.0 Å². The fraction of sp³-hybridized carbons (Fsp3) is 1.00. The summed E-state index contributed by atoms with van der Waals surface area (Å²) < 4.78 is 117. The fourth-order valence-corrected chi connectivity index (χ4v) is 28.4. The first-order valence-corrected chi connectivity index (χ1v) is 48.0. The van der Waals surface area contributed by atoms with Gasteiger partial charge in [0.2, 0.25) is 0 Å². The van der Waals surface area contributed by atoms with Crippen molar-refractivity contribution in [3.05, 3.63) is 0 Å². The van der Waals surface area contributed by atoms with Crippen molar-refractivity contribution >= 4 is 61.5 Å². The molecule has 32 atom stereocenters. The molecule has 0 N–H and O–H groups in total. The molecule has 0 spiro atoms. The van der Waals surface area contributed by atoms with Gasteiger partial charge in [-0.15, -0.1) is 0 Å². The minimum Gasteiger partial charge on any atom is -0.378 e. The Bertz CT molecular complexity index is 2520. The van der Waals surface area contributed by atoms with Crippen LogP contribution in [-0.4, -0.2) is 331 Å². The van der Waals surface area contributed by atoms with Crippen molar-refractivity contribution in [3.63, 3.8) is 0 Å². The zero-order chi connectivity index (χ0) is 68.6. The van der Waals surface area contributed by atoms with Crippen molar-refractivity contribution in [2.24, 2.45) is 70.0 Å². The summed E-state index contributed by atoms with van der Waals surface area (Å²) in [6.07, 6.45) is 25.7. The Morgan fingerprint density at radius 1 is 0.307 bits per heavy atom. The molecule has 15 heterocycles. The van der Waals surface area contributed by atoms with E-state index in [9.17, 15) is 0 Å². The van der Waals surface area contributed by atoms with Crippen molar-refractivity contribution in [1.82, 2.24) is 0 Å². The second kappa shape index (κ2) is 34.6. The average molecular weight is 1520 g/mol. The number of hydrogen-bond donors (Lipinski definition) is 0. The number of epoxide rings is 9. The number of rotatable bonds is 35. The number of hydrogen-bond acceptors (Lipinski definition) is 21. The Kier molecular flexibility index (Phi) is 25.9. The van der Waals surface area contributed by atoms with E-state index in [2.05, 4.69) is 0 Å². The third-order valence-electron chi connectivity index (χ3n) is 27.8.